The van der Waals surface area contributed by atoms with E-state index in [-0.39, 0.29) is 24.2 Å². The smallest absolute Gasteiger partial charge is 0.310 e. The van der Waals surface area contributed by atoms with Gasteiger partial charge in [-0.15, -0.1) is 0 Å². The summed E-state index contributed by atoms with van der Waals surface area (Å²) in [6.07, 6.45) is -2.86. The third-order valence-corrected chi connectivity index (χ3v) is 3.14. The van der Waals surface area contributed by atoms with Gasteiger partial charge in [0.2, 0.25) is 0 Å². The summed E-state index contributed by atoms with van der Waals surface area (Å²) in [5.74, 6) is -0.536. The van der Waals surface area contributed by atoms with Gasteiger partial charge < -0.3 is 4.74 Å². The highest BCUT2D eigenvalue weighted by molar-refractivity contribution is 9.10. The van der Waals surface area contributed by atoms with Gasteiger partial charge in [0.15, 0.2) is 0 Å². The number of alkyl halides is 3. The Balaban J connectivity index is 3.16. The summed E-state index contributed by atoms with van der Waals surface area (Å²) >= 11 is 6.25. The summed E-state index contributed by atoms with van der Waals surface area (Å²) in [5, 5.41) is 0.293. The molecule has 0 fully saturated rings. The van der Waals surface area contributed by atoms with Gasteiger partial charge >= 0.3 is 5.97 Å². The van der Waals surface area contributed by atoms with E-state index >= 15 is 0 Å². The molecule has 0 saturated carbocycles. The summed E-state index contributed by atoms with van der Waals surface area (Å²) in [4.78, 5) is 15.5. The van der Waals surface area contributed by atoms with Crippen molar-refractivity contribution < 1.29 is 18.3 Å². The lowest BCUT2D eigenvalue weighted by atomic mass is 10.0. The van der Waals surface area contributed by atoms with Gasteiger partial charge in [-0.2, -0.15) is 0 Å². The van der Waals surface area contributed by atoms with Crippen molar-refractivity contribution in [3.63, 3.8) is 0 Å². The lowest BCUT2D eigenvalue weighted by molar-refractivity contribution is -0.142. The van der Waals surface area contributed by atoms with Crippen molar-refractivity contribution in [3.8, 4) is 0 Å². The first-order valence-electron chi connectivity index (χ1n) is 5.17. The lowest BCUT2D eigenvalue weighted by Gasteiger charge is -2.12. The Morgan fingerprint density at radius 2 is 2.22 bits per heavy atom. The van der Waals surface area contributed by atoms with Gasteiger partial charge in [0.1, 0.15) is 4.60 Å². The number of hydrogen-bond acceptors (Lipinski definition) is 3. The second kappa shape index (κ2) is 7.13. The molecule has 1 rings (SSSR count). The van der Waals surface area contributed by atoms with Crippen molar-refractivity contribution in [2.75, 3.05) is 6.61 Å². The van der Waals surface area contributed by atoms with Gasteiger partial charge in [0.05, 0.1) is 18.7 Å². The maximum absolute atomic E-state index is 12.9. The van der Waals surface area contributed by atoms with Crippen LogP contribution in [0.5, 0.6) is 0 Å². The number of hydrogen-bond donors (Lipinski definition) is 0. The van der Waals surface area contributed by atoms with Crippen LogP contribution in [0.1, 0.15) is 30.2 Å². The van der Waals surface area contributed by atoms with Crippen LogP contribution >= 0.6 is 31.9 Å². The molecule has 1 aromatic rings. The van der Waals surface area contributed by atoms with E-state index < -0.39 is 12.4 Å². The number of halogens is 4. The minimum atomic E-state index is -2.66. The van der Waals surface area contributed by atoms with Gasteiger partial charge in [-0.05, 0) is 34.5 Å². The highest BCUT2D eigenvalue weighted by Gasteiger charge is 2.20. The Morgan fingerprint density at radius 3 is 2.72 bits per heavy atom. The van der Waals surface area contributed by atoms with E-state index in [9.17, 15) is 13.6 Å². The number of esters is 1. The number of carbonyl (C=O) groups is 1. The molecule has 0 N–H and O–H groups in total. The zero-order valence-corrected chi connectivity index (χ0v) is 12.7. The van der Waals surface area contributed by atoms with E-state index in [0.29, 0.717) is 15.6 Å². The summed E-state index contributed by atoms with van der Waals surface area (Å²) in [5.41, 5.74) is 0.440. The Labute approximate surface area is 120 Å². The third kappa shape index (κ3) is 3.98. The Hall–Kier alpha value is -0.560. The van der Waals surface area contributed by atoms with Crippen LogP contribution in [0, 0.1) is 0 Å². The fourth-order valence-corrected chi connectivity index (χ4v) is 2.40. The van der Waals surface area contributed by atoms with Gasteiger partial charge in [0, 0.05) is 10.9 Å². The summed E-state index contributed by atoms with van der Waals surface area (Å²) < 4.78 is 31.0. The number of carbonyl (C=O) groups excluding carboxylic acids is 1. The molecule has 0 aliphatic heterocycles. The molecule has 0 saturated heterocycles. The largest absolute Gasteiger partial charge is 0.466 e. The molecular formula is C11H11Br2F2NO2. The van der Waals surface area contributed by atoms with Crippen molar-refractivity contribution in [1.82, 2.24) is 4.98 Å². The van der Waals surface area contributed by atoms with Crippen LogP contribution in [0.4, 0.5) is 8.78 Å². The van der Waals surface area contributed by atoms with Gasteiger partial charge in [-0.25, -0.2) is 13.8 Å². The van der Waals surface area contributed by atoms with Gasteiger partial charge in [-0.1, -0.05) is 15.9 Å². The van der Waals surface area contributed by atoms with Crippen LogP contribution in [0.15, 0.2) is 10.7 Å². The molecular weight excluding hydrogens is 376 g/mol. The fraction of sp³-hybridized carbons (Fsp3) is 0.455. The average molecular weight is 387 g/mol. The molecule has 1 aromatic heterocycles. The average Bonchev–Trinajstić information content (AvgIpc) is 2.30. The minimum absolute atomic E-state index is 0.195. The van der Waals surface area contributed by atoms with Crippen molar-refractivity contribution >= 4 is 37.8 Å². The van der Waals surface area contributed by atoms with Crippen molar-refractivity contribution in [3.05, 3.63) is 27.5 Å². The van der Waals surface area contributed by atoms with Gasteiger partial charge in [-0.3, -0.25) is 4.79 Å². The second-order valence-electron chi connectivity index (χ2n) is 3.38. The number of ether oxygens (including phenoxy) is 1. The number of aromatic nitrogens is 1. The molecule has 100 valence electrons. The molecule has 0 radical (unpaired) electrons. The van der Waals surface area contributed by atoms with Crippen LogP contribution in [0.25, 0.3) is 0 Å². The van der Waals surface area contributed by atoms with E-state index in [1.54, 1.807) is 6.92 Å². The van der Waals surface area contributed by atoms with Crippen LogP contribution in [-0.2, 0) is 21.3 Å². The van der Waals surface area contributed by atoms with Crippen molar-refractivity contribution in [2.45, 2.75) is 25.1 Å². The van der Waals surface area contributed by atoms with Crippen molar-refractivity contribution in [2.24, 2.45) is 0 Å². The maximum atomic E-state index is 12.9. The first kappa shape index (κ1) is 15.5. The van der Waals surface area contributed by atoms with E-state index in [1.807, 2.05) is 0 Å². The monoisotopic (exact) mass is 385 g/mol. The molecule has 0 aliphatic rings. The molecule has 0 amide bonds. The molecule has 0 unspecified atom stereocenters. The van der Waals surface area contributed by atoms with E-state index in [4.69, 9.17) is 4.74 Å². The standard InChI is InChI=1S/C11H11Br2F2NO2/c1-2-18-10(17)4-6-7(11(14)15)3-9(13)16-8(6)5-12/h3,11H,2,4-5H2,1H3. The number of rotatable bonds is 5. The topological polar surface area (TPSA) is 39.2 Å². The molecule has 7 heteroatoms. The quantitative estimate of drug-likeness (QED) is 0.439. The highest BCUT2D eigenvalue weighted by Crippen LogP contribution is 2.29. The zero-order valence-electron chi connectivity index (χ0n) is 9.55. The van der Waals surface area contributed by atoms with Crippen LogP contribution in [0.2, 0.25) is 0 Å². The van der Waals surface area contributed by atoms with E-state index in [0.717, 1.165) is 0 Å². The minimum Gasteiger partial charge on any atom is -0.466 e. The zero-order chi connectivity index (χ0) is 13.7. The molecule has 0 bridgehead atoms. The molecule has 0 atom stereocenters. The van der Waals surface area contributed by atoms with E-state index in [1.165, 1.54) is 6.07 Å². The number of pyridine rings is 1. The van der Waals surface area contributed by atoms with Crippen LogP contribution in [0.3, 0.4) is 0 Å². The number of nitrogens with zero attached hydrogens (tertiary/aromatic N) is 1. The molecule has 0 aliphatic carbocycles. The fourth-order valence-electron chi connectivity index (χ4n) is 1.48. The first-order valence-corrected chi connectivity index (χ1v) is 7.09. The van der Waals surface area contributed by atoms with Crippen LogP contribution in [-0.4, -0.2) is 17.6 Å². The Kier molecular flexibility index (Phi) is 6.14. The third-order valence-electron chi connectivity index (χ3n) is 2.20. The molecule has 3 nitrogen and oxygen atoms in total. The molecule has 18 heavy (non-hydrogen) atoms. The predicted octanol–water partition coefficient (Wildman–Crippen LogP) is 3.78. The first-order chi connectivity index (χ1) is 8.49. The Bertz CT molecular complexity index is 441. The van der Waals surface area contributed by atoms with Crippen LogP contribution < -0.4 is 0 Å². The molecule has 0 spiro atoms. The molecule has 0 aromatic carbocycles. The predicted molar refractivity (Wildman–Crippen MR) is 69.9 cm³/mol. The lowest BCUT2D eigenvalue weighted by Crippen LogP contribution is -2.12. The summed E-state index contributed by atoms with van der Waals surface area (Å²) in [6, 6.07) is 1.23. The Morgan fingerprint density at radius 1 is 1.56 bits per heavy atom. The SMILES string of the molecule is CCOC(=O)Cc1c(C(F)F)cc(Br)nc1CBr. The van der Waals surface area contributed by atoms with Gasteiger partial charge in [0.25, 0.3) is 6.43 Å². The molecule has 1 heterocycles. The normalized spacial score (nSPS) is 10.8. The van der Waals surface area contributed by atoms with E-state index in [2.05, 4.69) is 36.8 Å². The summed E-state index contributed by atoms with van der Waals surface area (Å²) in [6.45, 7) is 1.88. The summed E-state index contributed by atoms with van der Waals surface area (Å²) in [7, 11) is 0. The second-order valence-corrected chi connectivity index (χ2v) is 4.75. The van der Waals surface area contributed by atoms with Crippen molar-refractivity contribution in [1.29, 1.82) is 0 Å². The highest BCUT2D eigenvalue weighted by atomic mass is 79.9. The maximum Gasteiger partial charge on any atom is 0.310 e.